The summed E-state index contributed by atoms with van der Waals surface area (Å²) in [7, 11) is 0. The zero-order chi connectivity index (χ0) is 34.9. The zero-order valence-corrected chi connectivity index (χ0v) is 29.5. The molecule has 0 saturated heterocycles. The molecule has 0 saturated carbocycles. The molecule has 11 aromatic rings. The van der Waals surface area contributed by atoms with Gasteiger partial charge in [-0.1, -0.05) is 140 Å². The SMILES string of the molecule is c1ccc(-c2cc(-c3cccc4c3oc3ccccc34)cc(N(c3cc4ccccc4c4ccccc34)c3cccc4sc5ccccc5c34)c2)cc1. The third kappa shape index (κ3) is 4.78. The van der Waals surface area contributed by atoms with Crippen LogP contribution in [0.1, 0.15) is 0 Å². The number of rotatable bonds is 5. The summed E-state index contributed by atoms with van der Waals surface area (Å²) in [6, 6.07) is 68.1. The lowest BCUT2D eigenvalue weighted by Gasteiger charge is -2.29. The predicted molar refractivity (Wildman–Crippen MR) is 227 cm³/mol. The normalized spacial score (nSPS) is 11.8. The Labute approximate surface area is 310 Å². The number of hydrogen-bond acceptors (Lipinski definition) is 3. The van der Waals surface area contributed by atoms with Gasteiger partial charge in [0.05, 0.1) is 11.4 Å². The maximum atomic E-state index is 6.64. The van der Waals surface area contributed by atoms with E-state index < -0.39 is 0 Å². The maximum Gasteiger partial charge on any atom is 0.143 e. The van der Waals surface area contributed by atoms with Gasteiger partial charge in [-0.2, -0.15) is 0 Å². The van der Waals surface area contributed by atoms with Gasteiger partial charge in [-0.15, -0.1) is 11.3 Å². The van der Waals surface area contributed by atoms with Gasteiger partial charge in [-0.25, -0.2) is 0 Å². The van der Waals surface area contributed by atoms with E-state index in [0.29, 0.717) is 0 Å². The Balaban J connectivity index is 1.27. The van der Waals surface area contributed by atoms with Crippen LogP contribution in [0.25, 0.3) is 85.9 Å². The van der Waals surface area contributed by atoms with E-state index in [-0.39, 0.29) is 0 Å². The molecule has 0 atom stereocenters. The summed E-state index contributed by atoms with van der Waals surface area (Å²) in [5, 5.41) is 9.68. The van der Waals surface area contributed by atoms with Gasteiger partial charge < -0.3 is 9.32 Å². The second kappa shape index (κ2) is 11.9. The quantitative estimate of drug-likeness (QED) is 0.167. The van der Waals surface area contributed by atoms with Gasteiger partial charge in [0.1, 0.15) is 11.2 Å². The zero-order valence-electron chi connectivity index (χ0n) is 28.7. The van der Waals surface area contributed by atoms with Crippen LogP contribution in [0.5, 0.6) is 0 Å². The molecule has 0 bridgehead atoms. The van der Waals surface area contributed by atoms with Crippen molar-refractivity contribution in [3.05, 3.63) is 188 Å². The molecular formula is C50H31NOS. The number of para-hydroxylation sites is 2. The number of anilines is 3. The van der Waals surface area contributed by atoms with Crippen LogP contribution in [0.2, 0.25) is 0 Å². The van der Waals surface area contributed by atoms with E-state index in [1.807, 2.05) is 17.4 Å². The van der Waals surface area contributed by atoms with E-state index >= 15 is 0 Å². The molecule has 2 aromatic heterocycles. The van der Waals surface area contributed by atoms with E-state index in [9.17, 15) is 0 Å². The standard InChI is InChI=1S/C50H31NOS/c1-2-14-32(15-3-1)34-28-35(38-22-12-23-42-41-20-8-10-25-46(41)52-50(38)42)30-36(29-34)51(44-24-13-27-48-49(44)43-21-9-11-26-47(43)53-48)45-31-33-16-4-5-17-37(33)39-18-6-7-19-40(39)45/h1-31H. The molecule has 0 unspecified atom stereocenters. The molecule has 0 radical (unpaired) electrons. The van der Waals surface area contributed by atoms with Crippen molar-refractivity contribution in [2.45, 2.75) is 0 Å². The molecule has 2 heterocycles. The molecule has 53 heavy (non-hydrogen) atoms. The van der Waals surface area contributed by atoms with E-state index in [0.717, 1.165) is 61.3 Å². The largest absolute Gasteiger partial charge is 0.455 e. The van der Waals surface area contributed by atoms with Gasteiger partial charge in [0, 0.05) is 47.6 Å². The van der Waals surface area contributed by atoms with E-state index in [1.54, 1.807) is 0 Å². The predicted octanol–water partition coefficient (Wildman–Crippen LogP) is 15.1. The highest BCUT2D eigenvalue weighted by atomic mass is 32.1. The number of thiophene rings is 1. The van der Waals surface area contributed by atoms with E-state index in [1.165, 1.54) is 41.7 Å². The molecule has 0 N–H and O–H groups in total. The minimum atomic E-state index is 0.898. The number of hydrogen-bond donors (Lipinski definition) is 0. The van der Waals surface area contributed by atoms with Crippen molar-refractivity contribution in [2.24, 2.45) is 0 Å². The Morgan fingerprint density at radius 3 is 1.94 bits per heavy atom. The summed E-state index contributed by atoms with van der Waals surface area (Å²) in [4.78, 5) is 2.50. The topological polar surface area (TPSA) is 16.4 Å². The Morgan fingerprint density at radius 1 is 0.396 bits per heavy atom. The van der Waals surface area contributed by atoms with Crippen molar-refractivity contribution < 1.29 is 4.42 Å². The molecule has 3 heteroatoms. The fraction of sp³-hybridized carbons (Fsp3) is 0. The molecule has 0 aliphatic heterocycles. The van der Waals surface area contributed by atoms with Gasteiger partial charge in [-0.3, -0.25) is 0 Å². The van der Waals surface area contributed by atoms with Crippen LogP contribution < -0.4 is 4.90 Å². The van der Waals surface area contributed by atoms with Crippen molar-refractivity contribution >= 4 is 92.1 Å². The van der Waals surface area contributed by atoms with Crippen LogP contribution in [0.4, 0.5) is 17.1 Å². The lowest BCUT2D eigenvalue weighted by atomic mass is 9.95. The molecule has 9 aromatic carbocycles. The fourth-order valence-corrected chi connectivity index (χ4v) is 9.36. The molecule has 0 aliphatic rings. The van der Waals surface area contributed by atoms with Crippen LogP contribution in [0.15, 0.2) is 192 Å². The first-order valence-corrected chi connectivity index (χ1v) is 18.8. The van der Waals surface area contributed by atoms with Crippen LogP contribution >= 0.6 is 11.3 Å². The second-order valence-corrected chi connectivity index (χ2v) is 14.7. The highest BCUT2D eigenvalue weighted by Gasteiger charge is 2.23. The van der Waals surface area contributed by atoms with Crippen molar-refractivity contribution in [1.82, 2.24) is 0 Å². The molecule has 0 fully saturated rings. The van der Waals surface area contributed by atoms with Gasteiger partial charge in [-0.05, 0) is 81.4 Å². The Morgan fingerprint density at radius 2 is 1.06 bits per heavy atom. The van der Waals surface area contributed by atoms with Gasteiger partial charge >= 0.3 is 0 Å². The van der Waals surface area contributed by atoms with Gasteiger partial charge in [0.25, 0.3) is 0 Å². The Hall–Kier alpha value is -6.68. The summed E-state index contributed by atoms with van der Waals surface area (Å²) in [5.74, 6) is 0. The molecule has 0 aliphatic carbocycles. The second-order valence-electron chi connectivity index (χ2n) is 13.7. The third-order valence-corrected chi connectivity index (χ3v) is 11.7. The van der Waals surface area contributed by atoms with E-state index in [2.05, 4.69) is 187 Å². The first-order valence-electron chi connectivity index (χ1n) is 18.0. The minimum Gasteiger partial charge on any atom is -0.455 e. The van der Waals surface area contributed by atoms with Crippen LogP contribution in [-0.2, 0) is 0 Å². The van der Waals surface area contributed by atoms with Crippen molar-refractivity contribution in [2.75, 3.05) is 4.90 Å². The summed E-state index contributed by atoms with van der Waals surface area (Å²) in [6.45, 7) is 0. The van der Waals surface area contributed by atoms with Crippen molar-refractivity contribution in [3.8, 4) is 22.3 Å². The first kappa shape index (κ1) is 30.0. The number of furan rings is 1. The van der Waals surface area contributed by atoms with Gasteiger partial charge in [0.15, 0.2) is 0 Å². The summed E-state index contributed by atoms with van der Waals surface area (Å²) < 4.78 is 9.20. The Kier molecular flexibility index (Phi) is 6.76. The minimum absolute atomic E-state index is 0.898. The highest BCUT2D eigenvalue weighted by molar-refractivity contribution is 7.26. The fourth-order valence-electron chi connectivity index (χ4n) is 8.24. The molecule has 11 rings (SSSR count). The van der Waals surface area contributed by atoms with E-state index in [4.69, 9.17) is 4.42 Å². The molecule has 0 amide bonds. The van der Waals surface area contributed by atoms with Crippen LogP contribution in [0, 0.1) is 0 Å². The highest BCUT2D eigenvalue weighted by Crippen LogP contribution is 2.49. The molecule has 2 nitrogen and oxygen atoms in total. The number of benzene rings is 9. The summed E-state index contributed by atoms with van der Waals surface area (Å²) in [6.07, 6.45) is 0. The lowest BCUT2D eigenvalue weighted by molar-refractivity contribution is 0.670. The summed E-state index contributed by atoms with van der Waals surface area (Å²) in [5.41, 5.74) is 9.65. The average molecular weight is 694 g/mol. The summed E-state index contributed by atoms with van der Waals surface area (Å²) >= 11 is 1.85. The van der Waals surface area contributed by atoms with Crippen LogP contribution in [0.3, 0.4) is 0 Å². The monoisotopic (exact) mass is 693 g/mol. The van der Waals surface area contributed by atoms with Crippen LogP contribution in [-0.4, -0.2) is 0 Å². The smallest absolute Gasteiger partial charge is 0.143 e. The third-order valence-electron chi connectivity index (χ3n) is 10.6. The van der Waals surface area contributed by atoms with Crippen molar-refractivity contribution in [1.29, 1.82) is 0 Å². The first-order chi connectivity index (χ1) is 26.3. The molecule has 248 valence electrons. The maximum absolute atomic E-state index is 6.64. The average Bonchev–Trinajstić information content (AvgIpc) is 3.80. The van der Waals surface area contributed by atoms with Crippen molar-refractivity contribution in [3.63, 3.8) is 0 Å². The number of nitrogens with zero attached hydrogens (tertiary/aromatic N) is 1. The lowest BCUT2D eigenvalue weighted by Crippen LogP contribution is -2.11. The number of fused-ring (bicyclic) bond motifs is 9. The Bertz CT molecular complexity index is 3190. The molecule has 0 spiro atoms. The van der Waals surface area contributed by atoms with Gasteiger partial charge in [0.2, 0.25) is 0 Å². The molecular weight excluding hydrogens is 663 g/mol.